The van der Waals surface area contributed by atoms with E-state index in [1.165, 1.54) is 27.4 Å². The van der Waals surface area contributed by atoms with E-state index >= 15 is 0 Å². The number of carbonyl (C=O) groups excluding carboxylic acids is 1. The van der Waals surface area contributed by atoms with Crippen LogP contribution in [0.15, 0.2) is 11.2 Å². The van der Waals surface area contributed by atoms with E-state index in [-0.39, 0.29) is 23.5 Å². The molecule has 1 rings (SSSR count). The Bertz CT molecular complexity index is 720. The summed E-state index contributed by atoms with van der Waals surface area (Å²) >= 11 is 0.940. The zero-order valence-corrected chi connectivity index (χ0v) is 17.9. The summed E-state index contributed by atoms with van der Waals surface area (Å²) in [5.41, 5.74) is -1.02. The van der Waals surface area contributed by atoms with Crippen molar-refractivity contribution in [3.8, 4) is 11.8 Å². The minimum Gasteiger partial charge on any atom is -0.481 e. The van der Waals surface area contributed by atoms with E-state index < -0.39 is 27.0 Å². The topological polar surface area (TPSA) is 129 Å². The van der Waals surface area contributed by atoms with Crippen LogP contribution in [0.3, 0.4) is 0 Å². The van der Waals surface area contributed by atoms with Gasteiger partial charge in [-0.15, -0.1) is 0 Å². The Hall–Kier alpha value is -1.63. The highest BCUT2D eigenvalue weighted by Crippen LogP contribution is 2.32. The number of hydrogen-bond acceptors (Lipinski definition) is 9. The van der Waals surface area contributed by atoms with Gasteiger partial charge in [-0.3, -0.25) is 4.79 Å². The molecule has 1 unspecified atom stereocenters. The summed E-state index contributed by atoms with van der Waals surface area (Å²) in [5, 5.41) is -0.798. The number of thioether (sulfide) groups is 1. The van der Waals surface area contributed by atoms with Gasteiger partial charge < -0.3 is 14.2 Å². The van der Waals surface area contributed by atoms with Gasteiger partial charge in [0, 0.05) is 13.7 Å². The van der Waals surface area contributed by atoms with Gasteiger partial charge in [0.25, 0.3) is 5.91 Å². The number of aromatic nitrogens is 2. The van der Waals surface area contributed by atoms with Crippen LogP contribution in [0, 0.1) is 0 Å². The largest absolute Gasteiger partial charge is 0.481 e. The van der Waals surface area contributed by atoms with Crippen LogP contribution in [0.1, 0.15) is 27.2 Å². The molecule has 0 aliphatic carbocycles. The molecule has 1 amide bonds. The average Bonchev–Trinajstić information content (AvgIpc) is 2.63. The minimum atomic E-state index is -3.98. The fourth-order valence-electron chi connectivity index (χ4n) is 1.83. The Labute approximate surface area is 164 Å². The molecule has 154 valence electrons. The number of rotatable bonds is 11. The van der Waals surface area contributed by atoms with Gasteiger partial charge in [0.15, 0.2) is 5.16 Å². The fourth-order valence-corrected chi connectivity index (χ4v) is 3.87. The van der Waals surface area contributed by atoms with Crippen molar-refractivity contribution in [1.82, 2.24) is 19.4 Å². The number of nitrogens with zero attached hydrogens (tertiary/aromatic N) is 2. The second kappa shape index (κ2) is 10.1. The monoisotopic (exact) mass is 422 g/mol. The van der Waals surface area contributed by atoms with E-state index in [1.807, 2.05) is 11.6 Å². The van der Waals surface area contributed by atoms with E-state index in [2.05, 4.69) is 14.7 Å². The zero-order chi connectivity index (χ0) is 20.7. The number of nitrogens with one attached hydrogen (secondary N) is 2. The average molecular weight is 423 g/mol. The van der Waals surface area contributed by atoms with Crippen molar-refractivity contribution in [2.75, 3.05) is 27.9 Å². The molecule has 0 radical (unpaired) electrons. The third-order valence-corrected chi connectivity index (χ3v) is 5.94. The molecule has 0 spiro atoms. The predicted molar refractivity (Wildman–Crippen MR) is 101 cm³/mol. The van der Waals surface area contributed by atoms with E-state index in [9.17, 15) is 13.2 Å². The molecule has 0 aliphatic heterocycles. The molecule has 10 nitrogen and oxygen atoms in total. The second-order valence-corrected chi connectivity index (χ2v) is 8.48. The molecule has 0 bridgehead atoms. The van der Waals surface area contributed by atoms with Gasteiger partial charge in [0.1, 0.15) is 5.25 Å². The molecule has 2 N–H and O–H groups in total. The summed E-state index contributed by atoms with van der Waals surface area (Å²) in [6.07, 6.45) is 0.592. The lowest BCUT2D eigenvalue weighted by molar-refractivity contribution is -0.123. The summed E-state index contributed by atoms with van der Waals surface area (Å²) < 4.78 is 43.9. The van der Waals surface area contributed by atoms with Gasteiger partial charge in [-0.1, -0.05) is 18.7 Å². The zero-order valence-electron chi connectivity index (χ0n) is 16.2. The van der Waals surface area contributed by atoms with Crippen molar-refractivity contribution in [1.29, 1.82) is 0 Å². The fraction of sp³-hybridized carbons (Fsp3) is 0.667. The maximum Gasteiger partial charge on any atom is 0.301 e. The second-order valence-electron chi connectivity index (χ2n) is 5.90. The number of carbonyl (C=O) groups is 1. The lowest BCUT2D eigenvalue weighted by atomic mass is 10.0. The summed E-state index contributed by atoms with van der Waals surface area (Å²) in [6.45, 7) is 5.34. The van der Waals surface area contributed by atoms with Crippen molar-refractivity contribution in [2.24, 2.45) is 0 Å². The maximum atomic E-state index is 12.7. The number of methoxy groups -OCH3 is 3. The predicted octanol–water partition coefficient (Wildman–Crippen LogP) is 0.740. The van der Waals surface area contributed by atoms with Crippen LogP contribution in [0.25, 0.3) is 0 Å². The molecule has 0 fully saturated rings. The van der Waals surface area contributed by atoms with Gasteiger partial charge in [-0.25, -0.2) is 4.72 Å². The summed E-state index contributed by atoms with van der Waals surface area (Å²) in [6, 6.07) is 1.49. The van der Waals surface area contributed by atoms with Crippen LogP contribution in [0.4, 0.5) is 0 Å². The first kappa shape index (κ1) is 23.4. The lowest BCUT2D eigenvalue weighted by Crippen LogP contribution is -2.51. The van der Waals surface area contributed by atoms with Crippen molar-refractivity contribution in [2.45, 2.75) is 43.2 Å². The van der Waals surface area contributed by atoms with Crippen LogP contribution < -0.4 is 18.9 Å². The molecule has 1 heterocycles. The first-order chi connectivity index (χ1) is 12.6. The quantitative estimate of drug-likeness (QED) is 0.392. The Morgan fingerprint density at radius 3 is 2.22 bits per heavy atom. The molecule has 0 aromatic carbocycles. The van der Waals surface area contributed by atoms with Crippen molar-refractivity contribution < 1.29 is 27.4 Å². The van der Waals surface area contributed by atoms with E-state index in [0.717, 1.165) is 11.8 Å². The number of amides is 1. The third kappa shape index (κ3) is 7.13. The number of ether oxygens (including phenoxy) is 3. The van der Waals surface area contributed by atoms with Crippen molar-refractivity contribution in [3.63, 3.8) is 0 Å². The minimum absolute atomic E-state index is 0.176. The first-order valence-corrected chi connectivity index (χ1v) is 10.4. The highest BCUT2D eigenvalue weighted by molar-refractivity contribution is 8.00. The SMILES string of the molecule is CCCNS(=O)(=O)NC(=O)C(Sc1nc(OC)cc(OC)n1)C(C)(C)OC. The Morgan fingerprint density at radius 1 is 1.22 bits per heavy atom. The molecule has 12 heteroatoms. The van der Waals surface area contributed by atoms with Crippen molar-refractivity contribution in [3.05, 3.63) is 6.07 Å². The van der Waals surface area contributed by atoms with Crippen LogP contribution in [-0.2, 0) is 19.7 Å². The van der Waals surface area contributed by atoms with Gasteiger partial charge in [0.05, 0.1) is 25.9 Å². The molecule has 1 atom stereocenters. The van der Waals surface area contributed by atoms with Crippen LogP contribution >= 0.6 is 11.8 Å². The highest BCUT2D eigenvalue weighted by atomic mass is 32.2. The van der Waals surface area contributed by atoms with Gasteiger partial charge in [0.2, 0.25) is 11.8 Å². The molecular weight excluding hydrogens is 396 g/mol. The van der Waals surface area contributed by atoms with E-state index in [0.29, 0.717) is 6.42 Å². The van der Waals surface area contributed by atoms with Crippen molar-refractivity contribution >= 4 is 27.9 Å². The summed E-state index contributed by atoms with van der Waals surface area (Å²) in [4.78, 5) is 21.0. The molecule has 0 saturated heterocycles. The smallest absolute Gasteiger partial charge is 0.301 e. The Kier molecular flexibility index (Phi) is 8.72. The molecule has 0 saturated carbocycles. The molecule has 1 aromatic rings. The molecule has 27 heavy (non-hydrogen) atoms. The summed E-state index contributed by atoms with van der Waals surface area (Å²) in [7, 11) is 0.317. The molecule has 0 aliphatic rings. The Balaban J connectivity index is 3.14. The van der Waals surface area contributed by atoms with Gasteiger partial charge in [-0.2, -0.15) is 23.1 Å². The molecular formula is C15H26N4O6S2. The van der Waals surface area contributed by atoms with Gasteiger partial charge in [-0.05, 0) is 20.3 Å². The third-order valence-electron chi connectivity index (χ3n) is 3.47. The van der Waals surface area contributed by atoms with Crippen LogP contribution in [-0.4, -0.2) is 63.0 Å². The van der Waals surface area contributed by atoms with E-state index in [4.69, 9.17) is 14.2 Å². The highest BCUT2D eigenvalue weighted by Gasteiger charge is 2.39. The summed E-state index contributed by atoms with van der Waals surface area (Å²) in [5.74, 6) is -0.271. The maximum absolute atomic E-state index is 12.7. The number of hydrogen-bond donors (Lipinski definition) is 2. The lowest BCUT2D eigenvalue weighted by Gasteiger charge is -2.30. The molecule has 1 aromatic heterocycles. The van der Waals surface area contributed by atoms with Gasteiger partial charge >= 0.3 is 10.2 Å². The standard InChI is InChI=1S/C15H26N4O6S2/c1-7-8-16-27(21,22)19-13(20)12(15(2,3)25-6)26-14-17-10(23-4)9-11(18-14)24-5/h9,12,16H,7-8H2,1-6H3,(H,19,20). The first-order valence-electron chi connectivity index (χ1n) is 8.08. The Morgan fingerprint density at radius 2 is 1.78 bits per heavy atom. The van der Waals surface area contributed by atoms with Crippen LogP contribution in [0.2, 0.25) is 0 Å². The van der Waals surface area contributed by atoms with Crippen LogP contribution in [0.5, 0.6) is 11.8 Å². The normalized spacial score (nSPS) is 13.1. The van der Waals surface area contributed by atoms with E-state index in [1.54, 1.807) is 13.8 Å².